The maximum absolute atomic E-state index is 11.8. The minimum absolute atomic E-state index is 0.0290. The van der Waals surface area contributed by atoms with Crippen LogP contribution in [0.25, 0.3) is 0 Å². The van der Waals surface area contributed by atoms with E-state index in [0.717, 1.165) is 32.4 Å². The SMILES string of the molecule is CCC(C)NC(=O)C(C)NC(=O)CCC1CCNC1. The predicted molar refractivity (Wildman–Crippen MR) is 75.7 cm³/mol. The minimum Gasteiger partial charge on any atom is -0.352 e. The Morgan fingerprint density at radius 1 is 1.32 bits per heavy atom. The molecular formula is C14H27N3O2. The molecule has 0 spiro atoms. The Hall–Kier alpha value is -1.10. The van der Waals surface area contributed by atoms with Crippen molar-refractivity contribution in [3.05, 3.63) is 0 Å². The molecule has 110 valence electrons. The second kappa shape index (κ2) is 8.15. The summed E-state index contributed by atoms with van der Waals surface area (Å²) in [5.41, 5.74) is 0. The van der Waals surface area contributed by atoms with Gasteiger partial charge in [0.1, 0.15) is 6.04 Å². The van der Waals surface area contributed by atoms with Gasteiger partial charge >= 0.3 is 0 Å². The standard InChI is InChI=1S/C14H27N3O2/c1-4-10(2)16-14(19)11(3)17-13(18)6-5-12-7-8-15-9-12/h10-12,15H,4-9H2,1-3H3,(H,16,19)(H,17,18). The number of carbonyl (C=O) groups excluding carboxylic acids is 2. The molecule has 1 aliphatic rings. The third-order valence-corrected chi connectivity index (χ3v) is 3.71. The van der Waals surface area contributed by atoms with Crippen LogP contribution in [0.2, 0.25) is 0 Å². The van der Waals surface area contributed by atoms with Crippen LogP contribution in [0.4, 0.5) is 0 Å². The number of nitrogens with one attached hydrogen (secondary N) is 3. The molecule has 1 saturated heterocycles. The molecule has 1 aliphatic heterocycles. The van der Waals surface area contributed by atoms with Gasteiger partial charge in [-0.1, -0.05) is 6.92 Å². The molecule has 5 heteroatoms. The van der Waals surface area contributed by atoms with Gasteiger partial charge in [-0.3, -0.25) is 9.59 Å². The third-order valence-electron chi connectivity index (χ3n) is 3.71. The molecule has 0 radical (unpaired) electrons. The normalized spacial score (nSPS) is 21.7. The van der Waals surface area contributed by atoms with Gasteiger partial charge in [-0.25, -0.2) is 0 Å². The lowest BCUT2D eigenvalue weighted by molar-refractivity contribution is -0.129. The highest BCUT2D eigenvalue weighted by Crippen LogP contribution is 2.13. The Bertz CT molecular complexity index is 301. The Morgan fingerprint density at radius 2 is 2.05 bits per heavy atom. The lowest BCUT2D eigenvalue weighted by Crippen LogP contribution is -2.47. The van der Waals surface area contributed by atoms with Crippen molar-refractivity contribution >= 4 is 11.8 Å². The van der Waals surface area contributed by atoms with Gasteiger partial charge in [0.05, 0.1) is 0 Å². The van der Waals surface area contributed by atoms with Crippen LogP contribution in [0.5, 0.6) is 0 Å². The first-order chi connectivity index (χ1) is 9.02. The van der Waals surface area contributed by atoms with Crippen LogP contribution in [0.15, 0.2) is 0 Å². The fourth-order valence-corrected chi connectivity index (χ4v) is 2.15. The zero-order valence-corrected chi connectivity index (χ0v) is 12.3. The van der Waals surface area contributed by atoms with Crippen molar-refractivity contribution in [3.63, 3.8) is 0 Å². The maximum atomic E-state index is 11.8. The summed E-state index contributed by atoms with van der Waals surface area (Å²) >= 11 is 0. The van der Waals surface area contributed by atoms with E-state index in [4.69, 9.17) is 0 Å². The van der Waals surface area contributed by atoms with Crippen LogP contribution >= 0.6 is 0 Å². The highest BCUT2D eigenvalue weighted by Gasteiger charge is 2.19. The summed E-state index contributed by atoms with van der Waals surface area (Å²) in [4.78, 5) is 23.5. The first-order valence-electron chi connectivity index (χ1n) is 7.33. The lowest BCUT2D eigenvalue weighted by Gasteiger charge is -2.17. The average Bonchev–Trinajstić information content (AvgIpc) is 2.89. The molecule has 19 heavy (non-hydrogen) atoms. The molecule has 0 aliphatic carbocycles. The van der Waals surface area contributed by atoms with E-state index in [2.05, 4.69) is 16.0 Å². The van der Waals surface area contributed by atoms with E-state index in [-0.39, 0.29) is 17.9 Å². The number of carbonyl (C=O) groups is 2. The highest BCUT2D eigenvalue weighted by atomic mass is 16.2. The zero-order chi connectivity index (χ0) is 14.3. The number of hydrogen-bond donors (Lipinski definition) is 3. The van der Waals surface area contributed by atoms with Crippen molar-refractivity contribution < 1.29 is 9.59 Å². The van der Waals surface area contributed by atoms with Crippen LogP contribution in [-0.2, 0) is 9.59 Å². The van der Waals surface area contributed by atoms with E-state index < -0.39 is 6.04 Å². The smallest absolute Gasteiger partial charge is 0.242 e. The number of rotatable bonds is 7. The van der Waals surface area contributed by atoms with Crippen LogP contribution in [-0.4, -0.2) is 37.0 Å². The molecule has 0 saturated carbocycles. The summed E-state index contributed by atoms with van der Waals surface area (Å²) in [5.74, 6) is 0.471. The lowest BCUT2D eigenvalue weighted by atomic mass is 10.0. The van der Waals surface area contributed by atoms with Gasteiger partial charge in [-0.2, -0.15) is 0 Å². The van der Waals surface area contributed by atoms with Crippen molar-refractivity contribution in [2.45, 2.75) is 58.5 Å². The molecule has 2 amide bonds. The summed E-state index contributed by atoms with van der Waals surface area (Å²) in [6, 6.07) is -0.306. The van der Waals surface area contributed by atoms with Crippen LogP contribution < -0.4 is 16.0 Å². The Kier molecular flexibility index (Phi) is 6.84. The van der Waals surface area contributed by atoms with Crippen molar-refractivity contribution in [1.82, 2.24) is 16.0 Å². The summed E-state index contributed by atoms with van der Waals surface area (Å²) in [6.45, 7) is 7.77. The van der Waals surface area contributed by atoms with Gasteiger partial charge in [0.2, 0.25) is 11.8 Å². The Balaban J connectivity index is 2.20. The fourth-order valence-electron chi connectivity index (χ4n) is 2.15. The molecular weight excluding hydrogens is 242 g/mol. The molecule has 0 aromatic carbocycles. The number of amides is 2. The van der Waals surface area contributed by atoms with Crippen molar-refractivity contribution in [2.24, 2.45) is 5.92 Å². The zero-order valence-electron chi connectivity index (χ0n) is 12.3. The van der Waals surface area contributed by atoms with E-state index in [9.17, 15) is 9.59 Å². The van der Waals surface area contributed by atoms with Crippen molar-refractivity contribution in [2.75, 3.05) is 13.1 Å². The van der Waals surface area contributed by atoms with Crippen LogP contribution in [0, 0.1) is 5.92 Å². The van der Waals surface area contributed by atoms with Crippen molar-refractivity contribution in [3.8, 4) is 0 Å². The van der Waals surface area contributed by atoms with Crippen molar-refractivity contribution in [1.29, 1.82) is 0 Å². The summed E-state index contributed by atoms with van der Waals surface area (Å²) < 4.78 is 0. The van der Waals surface area contributed by atoms with Crippen LogP contribution in [0.3, 0.4) is 0 Å². The molecule has 5 nitrogen and oxygen atoms in total. The van der Waals surface area contributed by atoms with Gasteiger partial charge in [-0.15, -0.1) is 0 Å². The Morgan fingerprint density at radius 3 is 2.63 bits per heavy atom. The van der Waals surface area contributed by atoms with E-state index in [1.807, 2.05) is 13.8 Å². The third kappa shape index (κ3) is 6.05. The van der Waals surface area contributed by atoms with Gasteiger partial charge in [-0.05, 0) is 52.1 Å². The van der Waals surface area contributed by atoms with Crippen LogP contribution in [0.1, 0.15) is 46.5 Å². The molecule has 1 heterocycles. The molecule has 3 atom stereocenters. The second-order valence-electron chi connectivity index (χ2n) is 5.50. The molecule has 0 aromatic rings. The van der Waals surface area contributed by atoms with Gasteiger partial charge in [0.15, 0.2) is 0 Å². The summed E-state index contributed by atoms with van der Waals surface area (Å²) in [5, 5.41) is 8.92. The van der Waals surface area contributed by atoms with Gasteiger partial charge in [0.25, 0.3) is 0 Å². The quantitative estimate of drug-likeness (QED) is 0.640. The molecule has 3 unspecified atom stereocenters. The maximum Gasteiger partial charge on any atom is 0.242 e. The monoisotopic (exact) mass is 269 g/mol. The van der Waals surface area contributed by atoms with E-state index in [1.165, 1.54) is 0 Å². The highest BCUT2D eigenvalue weighted by molar-refractivity contribution is 5.87. The summed E-state index contributed by atoms with van der Waals surface area (Å²) in [6.07, 6.45) is 3.45. The predicted octanol–water partition coefficient (Wildman–Crippen LogP) is 0.796. The topological polar surface area (TPSA) is 70.2 Å². The van der Waals surface area contributed by atoms with E-state index in [1.54, 1.807) is 6.92 Å². The second-order valence-corrected chi connectivity index (χ2v) is 5.50. The van der Waals surface area contributed by atoms with E-state index >= 15 is 0 Å². The van der Waals surface area contributed by atoms with Gasteiger partial charge in [0, 0.05) is 12.5 Å². The first-order valence-corrected chi connectivity index (χ1v) is 7.33. The van der Waals surface area contributed by atoms with Gasteiger partial charge < -0.3 is 16.0 Å². The average molecular weight is 269 g/mol. The molecule has 0 aromatic heterocycles. The fraction of sp³-hybridized carbons (Fsp3) is 0.857. The number of hydrogen-bond acceptors (Lipinski definition) is 3. The largest absolute Gasteiger partial charge is 0.352 e. The first kappa shape index (κ1) is 16.0. The van der Waals surface area contributed by atoms with E-state index in [0.29, 0.717) is 12.3 Å². The molecule has 1 rings (SSSR count). The Labute approximate surface area is 115 Å². The molecule has 1 fully saturated rings. The minimum atomic E-state index is -0.455. The summed E-state index contributed by atoms with van der Waals surface area (Å²) in [7, 11) is 0. The molecule has 0 bridgehead atoms. The molecule has 3 N–H and O–H groups in total.